The summed E-state index contributed by atoms with van der Waals surface area (Å²) < 4.78 is 11.9. The number of hydrogen-bond acceptors (Lipinski definition) is 4. The zero-order valence-electron chi connectivity index (χ0n) is 20.9. The van der Waals surface area contributed by atoms with Gasteiger partial charge in [0, 0.05) is 39.1 Å². The van der Waals surface area contributed by atoms with Crippen LogP contribution in [-0.4, -0.2) is 55.5 Å². The van der Waals surface area contributed by atoms with Crippen LogP contribution in [0, 0.1) is 12.8 Å². The van der Waals surface area contributed by atoms with Crippen molar-refractivity contribution in [2.45, 2.75) is 58.2 Å². The number of methoxy groups -OCH3 is 1. The molecule has 4 rings (SSSR count). The van der Waals surface area contributed by atoms with E-state index in [9.17, 15) is 4.79 Å². The van der Waals surface area contributed by atoms with Crippen molar-refractivity contribution in [3.05, 3.63) is 65.2 Å². The average Bonchev–Trinajstić information content (AvgIpc) is 3.40. The number of benzene rings is 2. The molecule has 2 aliphatic rings. The van der Waals surface area contributed by atoms with Crippen LogP contribution in [0.3, 0.4) is 0 Å². The van der Waals surface area contributed by atoms with Gasteiger partial charge in [-0.2, -0.15) is 0 Å². The fourth-order valence-electron chi connectivity index (χ4n) is 5.18. The van der Waals surface area contributed by atoms with E-state index in [1.54, 1.807) is 7.11 Å². The second kappa shape index (κ2) is 12.4. The standard InChI is InChI=1S/C29H40N2O3/c1-23-10-12-25(13-11-23)22-34-28(26-8-5-9-27(20-26)33-2)21-30-16-18-31(19-17-30)29(32)15-14-24-6-3-4-7-24/h5,8-13,20,24,28H,3-4,6-7,14-19,21-22H2,1-2H3. The van der Waals surface area contributed by atoms with Crippen molar-refractivity contribution in [1.82, 2.24) is 9.80 Å². The van der Waals surface area contributed by atoms with Crippen molar-refractivity contribution in [1.29, 1.82) is 0 Å². The molecule has 0 spiro atoms. The van der Waals surface area contributed by atoms with E-state index in [0.717, 1.165) is 62.8 Å². The highest BCUT2D eigenvalue weighted by molar-refractivity contribution is 5.76. The zero-order chi connectivity index (χ0) is 23.8. The molecule has 2 aromatic rings. The van der Waals surface area contributed by atoms with E-state index < -0.39 is 0 Å². The Labute approximate surface area is 205 Å². The largest absolute Gasteiger partial charge is 0.497 e. The van der Waals surface area contributed by atoms with Crippen LogP contribution in [0.1, 0.15) is 61.3 Å². The molecule has 5 nitrogen and oxygen atoms in total. The SMILES string of the molecule is COc1cccc(C(CN2CCN(C(=O)CCC3CCCC3)CC2)OCc2ccc(C)cc2)c1. The molecule has 0 N–H and O–H groups in total. The Balaban J connectivity index is 1.32. The maximum atomic E-state index is 12.7. The summed E-state index contributed by atoms with van der Waals surface area (Å²) in [5.74, 6) is 1.96. The first-order chi connectivity index (χ1) is 16.6. The van der Waals surface area contributed by atoms with Crippen molar-refractivity contribution in [3.8, 4) is 5.75 Å². The van der Waals surface area contributed by atoms with Crippen LogP contribution in [0.15, 0.2) is 48.5 Å². The first-order valence-corrected chi connectivity index (χ1v) is 12.9. The summed E-state index contributed by atoms with van der Waals surface area (Å²) in [6.07, 6.45) is 7.06. The predicted octanol–water partition coefficient (Wildman–Crippen LogP) is 5.38. The summed E-state index contributed by atoms with van der Waals surface area (Å²) in [6, 6.07) is 16.7. The summed E-state index contributed by atoms with van der Waals surface area (Å²) in [5, 5.41) is 0. The first kappa shape index (κ1) is 24.7. The number of nitrogens with zero attached hydrogens (tertiary/aromatic N) is 2. The molecule has 1 saturated carbocycles. The van der Waals surface area contributed by atoms with Gasteiger partial charge in [-0.1, -0.05) is 67.6 Å². The van der Waals surface area contributed by atoms with Gasteiger partial charge in [0.1, 0.15) is 5.75 Å². The fraction of sp³-hybridized carbons (Fsp3) is 0.552. The summed E-state index contributed by atoms with van der Waals surface area (Å²) in [6.45, 7) is 6.89. The summed E-state index contributed by atoms with van der Waals surface area (Å²) in [7, 11) is 1.70. The molecule has 184 valence electrons. The lowest BCUT2D eigenvalue weighted by molar-refractivity contribution is -0.133. The molecular formula is C29H40N2O3. The molecule has 1 atom stereocenters. The second-order valence-electron chi connectivity index (χ2n) is 9.93. The molecule has 1 saturated heterocycles. The number of ether oxygens (including phenoxy) is 2. The number of carbonyl (C=O) groups excluding carboxylic acids is 1. The molecule has 1 amide bonds. The minimum Gasteiger partial charge on any atom is -0.497 e. The molecule has 1 aliphatic heterocycles. The van der Waals surface area contributed by atoms with Gasteiger partial charge in [0.05, 0.1) is 19.8 Å². The van der Waals surface area contributed by atoms with Gasteiger partial charge in [-0.3, -0.25) is 9.69 Å². The van der Waals surface area contributed by atoms with Gasteiger partial charge in [-0.15, -0.1) is 0 Å². The third-order valence-electron chi connectivity index (χ3n) is 7.43. The Hall–Kier alpha value is -2.37. The van der Waals surface area contributed by atoms with Crippen molar-refractivity contribution in [2.75, 3.05) is 39.8 Å². The number of amides is 1. The Kier molecular flexibility index (Phi) is 9.00. The Morgan fingerprint density at radius 1 is 1.03 bits per heavy atom. The lowest BCUT2D eigenvalue weighted by atomic mass is 10.0. The van der Waals surface area contributed by atoms with Crippen LogP contribution in [0.4, 0.5) is 0 Å². The summed E-state index contributed by atoms with van der Waals surface area (Å²) >= 11 is 0. The zero-order valence-corrected chi connectivity index (χ0v) is 20.9. The number of aryl methyl sites for hydroxylation is 1. The minimum atomic E-state index is -0.0546. The fourth-order valence-corrected chi connectivity index (χ4v) is 5.18. The number of rotatable bonds is 10. The number of hydrogen-bond donors (Lipinski definition) is 0. The maximum Gasteiger partial charge on any atom is 0.222 e. The van der Waals surface area contributed by atoms with Gasteiger partial charge < -0.3 is 14.4 Å². The third kappa shape index (κ3) is 7.07. The van der Waals surface area contributed by atoms with Crippen LogP contribution in [0.25, 0.3) is 0 Å². The highest BCUT2D eigenvalue weighted by Crippen LogP contribution is 2.29. The second-order valence-corrected chi connectivity index (χ2v) is 9.93. The maximum absolute atomic E-state index is 12.7. The summed E-state index contributed by atoms with van der Waals surface area (Å²) in [5.41, 5.74) is 3.56. The predicted molar refractivity (Wildman–Crippen MR) is 136 cm³/mol. The molecule has 1 aliphatic carbocycles. The highest BCUT2D eigenvalue weighted by Gasteiger charge is 2.25. The minimum absolute atomic E-state index is 0.0546. The Bertz CT molecular complexity index is 900. The highest BCUT2D eigenvalue weighted by atomic mass is 16.5. The van der Waals surface area contributed by atoms with E-state index in [1.165, 1.54) is 36.8 Å². The normalized spacial score (nSPS) is 18.2. The van der Waals surface area contributed by atoms with Crippen LogP contribution >= 0.6 is 0 Å². The van der Waals surface area contributed by atoms with E-state index in [2.05, 4.69) is 53.1 Å². The van der Waals surface area contributed by atoms with Crippen LogP contribution < -0.4 is 4.74 Å². The molecule has 2 aromatic carbocycles. The van der Waals surface area contributed by atoms with E-state index in [1.807, 2.05) is 12.1 Å². The van der Waals surface area contributed by atoms with E-state index in [-0.39, 0.29) is 6.10 Å². The number of carbonyl (C=O) groups is 1. The quantitative estimate of drug-likeness (QED) is 0.474. The molecule has 1 heterocycles. The molecule has 34 heavy (non-hydrogen) atoms. The Morgan fingerprint density at radius 3 is 2.47 bits per heavy atom. The van der Waals surface area contributed by atoms with Crippen LogP contribution in [-0.2, 0) is 16.1 Å². The van der Waals surface area contributed by atoms with Crippen molar-refractivity contribution in [3.63, 3.8) is 0 Å². The van der Waals surface area contributed by atoms with E-state index in [4.69, 9.17) is 9.47 Å². The topological polar surface area (TPSA) is 42.0 Å². The van der Waals surface area contributed by atoms with Crippen molar-refractivity contribution >= 4 is 5.91 Å². The van der Waals surface area contributed by atoms with Crippen molar-refractivity contribution in [2.24, 2.45) is 5.92 Å². The van der Waals surface area contributed by atoms with Gasteiger partial charge in [-0.05, 0) is 42.5 Å². The molecule has 0 aromatic heterocycles. The van der Waals surface area contributed by atoms with E-state index >= 15 is 0 Å². The van der Waals surface area contributed by atoms with Gasteiger partial charge >= 0.3 is 0 Å². The van der Waals surface area contributed by atoms with Gasteiger partial charge in [0.2, 0.25) is 5.91 Å². The average molecular weight is 465 g/mol. The molecule has 1 unspecified atom stereocenters. The molecular weight excluding hydrogens is 424 g/mol. The molecule has 5 heteroatoms. The third-order valence-corrected chi connectivity index (χ3v) is 7.43. The van der Waals surface area contributed by atoms with Gasteiger partial charge in [-0.25, -0.2) is 0 Å². The smallest absolute Gasteiger partial charge is 0.222 e. The van der Waals surface area contributed by atoms with Gasteiger partial charge in [0.15, 0.2) is 0 Å². The monoisotopic (exact) mass is 464 g/mol. The van der Waals surface area contributed by atoms with E-state index in [0.29, 0.717) is 12.5 Å². The summed E-state index contributed by atoms with van der Waals surface area (Å²) in [4.78, 5) is 17.2. The van der Waals surface area contributed by atoms with Crippen LogP contribution in [0.2, 0.25) is 0 Å². The molecule has 0 radical (unpaired) electrons. The molecule has 2 fully saturated rings. The van der Waals surface area contributed by atoms with Crippen molar-refractivity contribution < 1.29 is 14.3 Å². The lowest BCUT2D eigenvalue weighted by Crippen LogP contribution is -2.49. The lowest BCUT2D eigenvalue weighted by Gasteiger charge is -2.36. The first-order valence-electron chi connectivity index (χ1n) is 12.9. The Morgan fingerprint density at radius 2 is 1.76 bits per heavy atom. The van der Waals surface area contributed by atoms with Gasteiger partial charge in [0.25, 0.3) is 0 Å². The number of piperazine rings is 1. The molecule has 0 bridgehead atoms. The van der Waals surface area contributed by atoms with Crippen LogP contribution in [0.5, 0.6) is 5.75 Å².